The third kappa shape index (κ3) is 2.95. The number of hydrogen-bond donors (Lipinski definition) is 1. The minimum absolute atomic E-state index is 0.115. The van der Waals surface area contributed by atoms with Gasteiger partial charge in [0.2, 0.25) is 0 Å². The monoisotopic (exact) mass is 323 g/mol. The van der Waals surface area contributed by atoms with Crippen LogP contribution >= 0.6 is 0 Å². The lowest BCUT2D eigenvalue weighted by Crippen LogP contribution is -2.24. The number of aromatic nitrogens is 4. The van der Waals surface area contributed by atoms with E-state index in [0.29, 0.717) is 12.1 Å². The lowest BCUT2D eigenvalue weighted by molar-refractivity contribution is 0.0949. The topological polar surface area (TPSA) is 64.7 Å². The molecule has 6 heteroatoms. The second-order valence-corrected chi connectivity index (χ2v) is 5.89. The molecule has 2 aromatic heterocycles. The van der Waals surface area contributed by atoms with Crippen LogP contribution in [-0.4, -0.2) is 25.5 Å². The molecule has 0 bridgehead atoms. The molecular weight excluding hydrogens is 302 g/mol. The van der Waals surface area contributed by atoms with E-state index >= 15 is 0 Å². The van der Waals surface area contributed by atoms with Gasteiger partial charge in [-0.25, -0.2) is 4.68 Å². The highest BCUT2D eigenvalue weighted by atomic mass is 16.1. The number of amides is 1. The summed E-state index contributed by atoms with van der Waals surface area (Å²) in [5.41, 5.74) is 5.05. The van der Waals surface area contributed by atoms with Crippen LogP contribution in [0.2, 0.25) is 0 Å². The lowest BCUT2D eigenvalue weighted by Gasteiger charge is -2.06. The maximum absolute atomic E-state index is 12.6. The van der Waals surface area contributed by atoms with E-state index in [0.717, 1.165) is 28.3 Å². The van der Waals surface area contributed by atoms with Crippen LogP contribution in [0.1, 0.15) is 33.0 Å². The number of nitrogens with one attached hydrogen (secondary N) is 1. The van der Waals surface area contributed by atoms with Crippen molar-refractivity contribution in [1.29, 1.82) is 0 Å². The van der Waals surface area contributed by atoms with Gasteiger partial charge in [-0.3, -0.25) is 9.48 Å². The number of aryl methyl sites for hydroxylation is 3. The minimum atomic E-state index is -0.115. The normalized spacial score (nSPS) is 10.8. The number of nitrogens with zero attached hydrogens (tertiary/aromatic N) is 4. The Bertz CT molecular complexity index is 876. The van der Waals surface area contributed by atoms with Crippen molar-refractivity contribution in [2.45, 2.75) is 27.3 Å². The largest absolute Gasteiger partial charge is 0.348 e. The Morgan fingerprint density at radius 3 is 2.42 bits per heavy atom. The quantitative estimate of drug-likeness (QED) is 0.802. The van der Waals surface area contributed by atoms with Gasteiger partial charge in [-0.2, -0.15) is 10.2 Å². The summed E-state index contributed by atoms with van der Waals surface area (Å²) < 4.78 is 3.56. The zero-order chi connectivity index (χ0) is 17.3. The van der Waals surface area contributed by atoms with Crippen LogP contribution in [0.25, 0.3) is 5.69 Å². The van der Waals surface area contributed by atoms with Crippen molar-refractivity contribution in [3.05, 3.63) is 64.7 Å². The van der Waals surface area contributed by atoms with Gasteiger partial charge in [0.25, 0.3) is 5.91 Å². The van der Waals surface area contributed by atoms with Crippen LogP contribution in [0, 0.1) is 20.8 Å². The summed E-state index contributed by atoms with van der Waals surface area (Å²) in [6.45, 7) is 6.16. The van der Waals surface area contributed by atoms with Crippen LogP contribution < -0.4 is 5.32 Å². The van der Waals surface area contributed by atoms with Gasteiger partial charge in [-0.1, -0.05) is 18.2 Å². The number of carbonyl (C=O) groups excluding carboxylic acids is 1. The first-order valence-corrected chi connectivity index (χ1v) is 7.86. The molecule has 0 unspecified atom stereocenters. The van der Waals surface area contributed by atoms with Crippen molar-refractivity contribution in [3.63, 3.8) is 0 Å². The molecule has 0 aliphatic rings. The summed E-state index contributed by atoms with van der Waals surface area (Å²) in [6.07, 6.45) is 1.92. The van der Waals surface area contributed by atoms with Crippen molar-refractivity contribution in [2.24, 2.45) is 7.05 Å². The van der Waals surface area contributed by atoms with Crippen LogP contribution in [0.4, 0.5) is 0 Å². The van der Waals surface area contributed by atoms with Gasteiger partial charge in [0.05, 0.1) is 28.3 Å². The predicted octanol–water partition coefficient (Wildman–Crippen LogP) is 2.46. The molecule has 124 valence electrons. The Hall–Kier alpha value is -2.89. The van der Waals surface area contributed by atoms with Crippen LogP contribution in [0.5, 0.6) is 0 Å². The number of rotatable bonds is 4. The highest BCUT2D eigenvalue weighted by Crippen LogP contribution is 2.18. The molecule has 3 aromatic rings. The molecule has 0 atom stereocenters. The molecule has 0 saturated heterocycles. The Morgan fingerprint density at radius 2 is 1.79 bits per heavy atom. The number of hydrogen-bond acceptors (Lipinski definition) is 3. The molecule has 0 radical (unpaired) electrons. The van der Waals surface area contributed by atoms with Gasteiger partial charge in [0.15, 0.2) is 0 Å². The maximum Gasteiger partial charge on any atom is 0.255 e. The van der Waals surface area contributed by atoms with Gasteiger partial charge in [-0.15, -0.1) is 0 Å². The highest BCUT2D eigenvalue weighted by molar-refractivity contribution is 5.96. The third-order valence-electron chi connectivity index (χ3n) is 4.07. The van der Waals surface area contributed by atoms with Crippen LogP contribution in [0.3, 0.4) is 0 Å². The molecule has 0 aliphatic heterocycles. The van der Waals surface area contributed by atoms with Crippen molar-refractivity contribution in [1.82, 2.24) is 24.9 Å². The highest BCUT2D eigenvalue weighted by Gasteiger charge is 2.19. The average molecular weight is 323 g/mol. The smallest absolute Gasteiger partial charge is 0.255 e. The summed E-state index contributed by atoms with van der Waals surface area (Å²) in [5.74, 6) is -0.115. The van der Waals surface area contributed by atoms with Gasteiger partial charge >= 0.3 is 0 Å². The van der Waals surface area contributed by atoms with E-state index in [-0.39, 0.29) is 5.91 Å². The number of para-hydroxylation sites is 1. The maximum atomic E-state index is 12.6. The van der Waals surface area contributed by atoms with Gasteiger partial charge in [0.1, 0.15) is 0 Å². The van der Waals surface area contributed by atoms with E-state index in [1.807, 2.05) is 64.3 Å². The fourth-order valence-electron chi connectivity index (χ4n) is 2.88. The molecule has 1 N–H and O–H groups in total. The van der Waals surface area contributed by atoms with Crippen molar-refractivity contribution in [2.75, 3.05) is 0 Å². The van der Waals surface area contributed by atoms with Crippen molar-refractivity contribution < 1.29 is 4.79 Å². The first-order chi connectivity index (χ1) is 11.5. The van der Waals surface area contributed by atoms with Gasteiger partial charge < -0.3 is 5.32 Å². The zero-order valence-corrected chi connectivity index (χ0v) is 14.4. The number of carbonyl (C=O) groups is 1. The first-order valence-electron chi connectivity index (χ1n) is 7.86. The molecule has 6 nitrogen and oxygen atoms in total. The Kier molecular flexibility index (Phi) is 4.20. The standard InChI is InChI=1S/C18H21N5O/c1-12-15(11-22(4)20-12)10-19-18(24)17-13(2)21-23(14(17)3)16-8-6-5-7-9-16/h5-9,11H,10H2,1-4H3,(H,19,24). The average Bonchev–Trinajstić information content (AvgIpc) is 3.04. The second-order valence-electron chi connectivity index (χ2n) is 5.89. The van der Waals surface area contributed by atoms with Crippen LogP contribution in [0.15, 0.2) is 36.5 Å². The molecule has 0 spiro atoms. The fraction of sp³-hybridized carbons (Fsp3) is 0.278. The molecule has 24 heavy (non-hydrogen) atoms. The summed E-state index contributed by atoms with van der Waals surface area (Å²) >= 11 is 0. The summed E-state index contributed by atoms with van der Waals surface area (Å²) in [5, 5.41) is 11.8. The molecule has 1 aromatic carbocycles. The third-order valence-corrected chi connectivity index (χ3v) is 4.07. The van der Waals surface area contributed by atoms with E-state index in [4.69, 9.17) is 0 Å². The molecule has 0 saturated carbocycles. The van der Waals surface area contributed by atoms with E-state index in [2.05, 4.69) is 15.5 Å². The molecule has 3 rings (SSSR count). The lowest BCUT2D eigenvalue weighted by atomic mass is 10.1. The van der Waals surface area contributed by atoms with Crippen molar-refractivity contribution >= 4 is 5.91 Å². The Morgan fingerprint density at radius 1 is 1.08 bits per heavy atom. The second kappa shape index (κ2) is 6.31. The molecular formula is C18H21N5O. The predicted molar refractivity (Wildman–Crippen MR) is 92.2 cm³/mol. The Labute approximate surface area is 141 Å². The Balaban J connectivity index is 1.83. The number of benzene rings is 1. The van der Waals surface area contributed by atoms with E-state index < -0.39 is 0 Å². The first kappa shape index (κ1) is 16.0. The molecule has 0 fully saturated rings. The summed E-state index contributed by atoms with van der Waals surface area (Å²) in [7, 11) is 1.87. The fourth-order valence-corrected chi connectivity index (χ4v) is 2.88. The SMILES string of the molecule is Cc1nn(C)cc1CNC(=O)c1c(C)nn(-c2ccccc2)c1C. The molecule has 2 heterocycles. The van der Waals surface area contributed by atoms with E-state index in [9.17, 15) is 4.79 Å². The van der Waals surface area contributed by atoms with Gasteiger partial charge in [-0.05, 0) is 32.9 Å². The van der Waals surface area contributed by atoms with Gasteiger partial charge in [0, 0.05) is 25.4 Å². The minimum Gasteiger partial charge on any atom is -0.348 e. The van der Waals surface area contributed by atoms with E-state index in [1.165, 1.54) is 0 Å². The van der Waals surface area contributed by atoms with E-state index in [1.54, 1.807) is 9.36 Å². The van der Waals surface area contributed by atoms with Crippen molar-refractivity contribution in [3.8, 4) is 5.69 Å². The zero-order valence-electron chi connectivity index (χ0n) is 14.4. The summed E-state index contributed by atoms with van der Waals surface area (Å²) in [4.78, 5) is 12.6. The molecule has 0 aliphatic carbocycles. The summed E-state index contributed by atoms with van der Waals surface area (Å²) in [6, 6.07) is 9.81. The van der Waals surface area contributed by atoms with Crippen LogP contribution in [-0.2, 0) is 13.6 Å². The molecule has 1 amide bonds.